The van der Waals surface area contributed by atoms with Crippen LogP contribution in [0.3, 0.4) is 0 Å². The number of aliphatic hydroxyl groups excluding tert-OH is 1. The summed E-state index contributed by atoms with van der Waals surface area (Å²) in [5.41, 5.74) is 1.13. The third-order valence-corrected chi connectivity index (χ3v) is 7.02. The number of amides is 1. The lowest BCUT2D eigenvalue weighted by Crippen LogP contribution is -2.47. The largest absolute Gasteiger partial charge is 0.396 e. The molecule has 4 rings (SSSR count). The summed E-state index contributed by atoms with van der Waals surface area (Å²) in [4.78, 5) is 17.8. The molecule has 1 aromatic rings. The number of nitrogens with zero attached hydrogens (tertiary/aromatic N) is 2. The van der Waals surface area contributed by atoms with E-state index < -0.39 is 0 Å². The Morgan fingerprint density at radius 1 is 1.30 bits per heavy atom. The van der Waals surface area contributed by atoms with Crippen LogP contribution in [0.5, 0.6) is 0 Å². The van der Waals surface area contributed by atoms with Gasteiger partial charge < -0.3 is 14.7 Å². The molecule has 3 heterocycles. The minimum Gasteiger partial charge on any atom is -0.396 e. The van der Waals surface area contributed by atoms with Crippen molar-refractivity contribution in [3.8, 4) is 0 Å². The maximum atomic E-state index is 13.4. The van der Waals surface area contributed by atoms with E-state index in [9.17, 15) is 9.90 Å². The number of carbonyl (C=O) groups excluding carboxylic acids is 1. The number of rotatable bonds is 5. The molecular weight excluding hydrogens is 340 g/mol. The van der Waals surface area contributed by atoms with E-state index in [0.29, 0.717) is 31.8 Å². The second kappa shape index (κ2) is 7.90. The maximum absolute atomic E-state index is 13.4. The van der Waals surface area contributed by atoms with Crippen LogP contribution in [0.4, 0.5) is 0 Å². The topological polar surface area (TPSA) is 53.0 Å². The number of ether oxygens (including phenoxy) is 1. The van der Waals surface area contributed by atoms with Gasteiger partial charge in [0.25, 0.3) is 0 Å². The minimum absolute atomic E-state index is 0.0679. The van der Waals surface area contributed by atoms with Crippen molar-refractivity contribution in [2.24, 2.45) is 11.3 Å². The number of fused-ring (bicyclic) bond motifs is 1. The summed E-state index contributed by atoms with van der Waals surface area (Å²) in [6, 6.07) is 11.4. The Morgan fingerprint density at radius 2 is 2.04 bits per heavy atom. The first-order valence-corrected chi connectivity index (χ1v) is 10.4. The molecule has 3 atom stereocenters. The molecule has 1 N–H and O–H groups in total. The van der Waals surface area contributed by atoms with E-state index in [0.717, 1.165) is 32.2 Å². The molecule has 0 aromatic heterocycles. The summed E-state index contributed by atoms with van der Waals surface area (Å²) in [6.07, 6.45) is 4.86. The molecule has 27 heavy (non-hydrogen) atoms. The fraction of sp³-hybridized carbons (Fsp3) is 0.682. The summed E-state index contributed by atoms with van der Waals surface area (Å²) >= 11 is 0. The molecule has 0 spiro atoms. The Bertz CT molecular complexity index is 644. The van der Waals surface area contributed by atoms with E-state index in [1.165, 1.54) is 12.0 Å². The zero-order valence-electron chi connectivity index (χ0n) is 16.3. The van der Waals surface area contributed by atoms with Gasteiger partial charge in [0.1, 0.15) is 0 Å². The minimum atomic E-state index is -0.199. The monoisotopic (exact) mass is 372 g/mol. The summed E-state index contributed by atoms with van der Waals surface area (Å²) in [7, 11) is 1.92. The Balaban J connectivity index is 1.48. The Morgan fingerprint density at radius 3 is 2.74 bits per heavy atom. The highest BCUT2D eigenvalue weighted by Crippen LogP contribution is 2.45. The molecule has 0 saturated carbocycles. The molecule has 0 aliphatic carbocycles. The van der Waals surface area contributed by atoms with Crippen LogP contribution in [0.2, 0.25) is 0 Å². The first kappa shape index (κ1) is 18.9. The first-order chi connectivity index (χ1) is 13.1. The summed E-state index contributed by atoms with van der Waals surface area (Å²) in [6.45, 7) is 3.21. The van der Waals surface area contributed by atoms with Crippen molar-refractivity contribution in [3.05, 3.63) is 35.9 Å². The van der Waals surface area contributed by atoms with E-state index in [1.807, 2.05) is 11.9 Å². The van der Waals surface area contributed by atoms with E-state index in [-0.39, 0.29) is 23.8 Å². The van der Waals surface area contributed by atoms with Crippen molar-refractivity contribution in [2.75, 3.05) is 40.0 Å². The number of hydrogen-bond donors (Lipinski definition) is 1. The van der Waals surface area contributed by atoms with Crippen LogP contribution in [-0.2, 0) is 9.53 Å². The van der Waals surface area contributed by atoms with Crippen molar-refractivity contribution in [1.82, 2.24) is 9.80 Å². The normalized spacial score (nSPS) is 30.2. The van der Waals surface area contributed by atoms with Crippen LogP contribution in [0, 0.1) is 11.3 Å². The van der Waals surface area contributed by atoms with Crippen LogP contribution in [0.25, 0.3) is 0 Å². The Kier molecular flexibility index (Phi) is 5.53. The zero-order chi connectivity index (χ0) is 18.9. The predicted octanol–water partition coefficient (Wildman–Crippen LogP) is 2.46. The quantitative estimate of drug-likeness (QED) is 0.863. The van der Waals surface area contributed by atoms with Crippen molar-refractivity contribution >= 4 is 5.91 Å². The molecule has 2 unspecified atom stereocenters. The maximum Gasteiger partial charge on any atom is 0.227 e. The van der Waals surface area contributed by atoms with Gasteiger partial charge in [-0.2, -0.15) is 0 Å². The van der Waals surface area contributed by atoms with Crippen LogP contribution in [0.1, 0.15) is 43.7 Å². The number of aliphatic hydroxyl groups is 1. The predicted molar refractivity (Wildman–Crippen MR) is 104 cm³/mol. The van der Waals surface area contributed by atoms with Crippen LogP contribution in [-0.4, -0.2) is 66.8 Å². The molecule has 1 amide bonds. The molecule has 0 radical (unpaired) electrons. The molecule has 3 fully saturated rings. The van der Waals surface area contributed by atoms with Gasteiger partial charge in [0.05, 0.1) is 12.5 Å². The first-order valence-electron chi connectivity index (χ1n) is 10.4. The van der Waals surface area contributed by atoms with Crippen LogP contribution < -0.4 is 0 Å². The number of carbonyl (C=O) groups is 1. The Hall–Kier alpha value is -1.43. The van der Waals surface area contributed by atoms with E-state index in [1.54, 1.807) is 0 Å². The number of benzene rings is 1. The molecule has 5 nitrogen and oxygen atoms in total. The fourth-order valence-corrected chi connectivity index (χ4v) is 5.47. The van der Waals surface area contributed by atoms with Gasteiger partial charge in [-0.05, 0) is 44.2 Å². The summed E-state index contributed by atoms with van der Waals surface area (Å²) in [5, 5.41) is 9.98. The lowest BCUT2D eigenvalue weighted by atomic mass is 9.80. The second-order valence-corrected chi connectivity index (χ2v) is 8.68. The van der Waals surface area contributed by atoms with Gasteiger partial charge in [-0.1, -0.05) is 30.3 Å². The SMILES string of the molecule is CN(CC1(CO)CCOCC1)C(=O)C1CC(c2ccccc2)N2CCC[C@@H]12. The molecule has 3 saturated heterocycles. The molecule has 3 aliphatic heterocycles. The third kappa shape index (κ3) is 3.65. The summed E-state index contributed by atoms with van der Waals surface area (Å²) in [5.74, 6) is 0.322. The van der Waals surface area contributed by atoms with E-state index >= 15 is 0 Å². The van der Waals surface area contributed by atoms with Gasteiger partial charge in [-0.15, -0.1) is 0 Å². The van der Waals surface area contributed by atoms with Crippen LogP contribution >= 0.6 is 0 Å². The Labute approximate surface area is 162 Å². The van der Waals surface area contributed by atoms with Crippen molar-refractivity contribution in [3.63, 3.8) is 0 Å². The van der Waals surface area contributed by atoms with Gasteiger partial charge in [-0.3, -0.25) is 9.69 Å². The molecular formula is C22H32N2O3. The van der Waals surface area contributed by atoms with Crippen LogP contribution in [0.15, 0.2) is 30.3 Å². The van der Waals surface area contributed by atoms with Gasteiger partial charge in [0.2, 0.25) is 5.91 Å². The summed E-state index contributed by atoms with van der Waals surface area (Å²) < 4.78 is 5.47. The van der Waals surface area contributed by atoms with Gasteiger partial charge in [-0.25, -0.2) is 0 Å². The standard InChI is InChI=1S/C22H32N2O3/c1-23(15-22(16-25)9-12-27-13-10-22)21(26)18-14-20(17-6-3-2-4-7-17)24-11-5-8-19(18)24/h2-4,6-7,18-20,25H,5,8-16H2,1H3/t18?,19-,20?/m0/s1. The van der Waals surface area contributed by atoms with Gasteiger partial charge in [0.15, 0.2) is 0 Å². The fourth-order valence-electron chi connectivity index (χ4n) is 5.47. The van der Waals surface area contributed by atoms with Crippen molar-refractivity contribution in [2.45, 2.75) is 44.2 Å². The zero-order valence-corrected chi connectivity index (χ0v) is 16.3. The smallest absolute Gasteiger partial charge is 0.227 e. The molecule has 148 valence electrons. The highest BCUT2D eigenvalue weighted by Gasteiger charge is 2.48. The molecule has 1 aromatic carbocycles. The van der Waals surface area contributed by atoms with E-state index in [4.69, 9.17) is 4.74 Å². The lowest BCUT2D eigenvalue weighted by Gasteiger charge is -2.39. The molecule has 0 bridgehead atoms. The van der Waals surface area contributed by atoms with E-state index in [2.05, 4.69) is 35.2 Å². The third-order valence-electron chi connectivity index (χ3n) is 7.02. The van der Waals surface area contributed by atoms with Gasteiger partial charge >= 0.3 is 0 Å². The van der Waals surface area contributed by atoms with Gasteiger partial charge in [0, 0.05) is 44.3 Å². The average Bonchev–Trinajstić information content (AvgIpc) is 3.31. The highest BCUT2D eigenvalue weighted by atomic mass is 16.5. The molecule has 5 heteroatoms. The second-order valence-electron chi connectivity index (χ2n) is 8.68. The number of hydrogen-bond acceptors (Lipinski definition) is 4. The molecule has 3 aliphatic rings. The average molecular weight is 373 g/mol. The van der Waals surface area contributed by atoms with Crippen molar-refractivity contribution < 1.29 is 14.6 Å². The lowest BCUT2D eigenvalue weighted by molar-refractivity contribution is -0.138. The highest BCUT2D eigenvalue weighted by molar-refractivity contribution is 5.80. The van der Waals surface area contributed by atoms with Crippen molar-refractivity contribution in [1.29, 1.82) is 0 Å².